The minimum atomic E-state index is -0.944. The van der Waals surface area contributed by atoms with E-state index in [2.05, 4.69) is 85.8 Å². The van der Waals surface area contributed by atoms with Crippen molar-refractivity contribution < 1.29 is 44.2 Å². The topological polar surface area (TPSA) is 227 Å². The van der Waals surface area contributed by atoms with Crippen molar-refractivity contribution in [1.82, 2.24) is 19.4 Å². The van der Waals surface area contributed by atoms with Gasteiger partial charge in [0.05, 0.1) is 60.3 Å². The second-order valence-electron chi connectivity index (χ2n) is 19.3. The van der Waals surface area contributed by atoms with Gasteiger partial charge in [-0.15, -0.1) is 24.0 Å². The zero-order valence-electron chi connectivity index (χ0n) is 41.6. The van der Waals surface area contributed by atoms with Gasteiger partial charge in [-0.05, 0) is 110 Å². The number of β-amino-alcohol motifs (C(OH)–C–C–N with tert-alkyl or cyclic N) is 1. The lowest BCUT2D eigenvalue weighted by Crippen LogP contribution is -2.51. The first-order valence-electron chi connectivity index (χ1n) is 24.8. The van der Waals surface area contributed by atoms with Crippen LogP contribution < -0.4 is 11.5 Å². The molecule has 74 heavy (non-hydrogen) atoms. The summed E-state index contributed by atoms with van der Waals surface area (Å²) in [4.78, 5) is 54.8. The van der Waals surface area contributed by atoms with Gasteiger partial charge in [-0.3, -0.25) is 29.0 Å². The zero-order valence-corrected chi connectivity index (χ0v) is 48.2. The van der Waals surface area contributed by atoms with Crippen molar-refractivity contribution in [3.63, 3.8) is 0 Å². The second kappa shape index (κ2) is 28.1. The van der Waals surface area contributed by atoms with Crippen LogP contribution in [-0.4, -0.2) is 153 Å². The summed E-state index contributed by atoms with van der Waals surface area (Å²) in [6.45, 7) is 5.19. The Morgan fingerprint density at radius 2 is 0.865 bits per heavy atom. The predicted octanol–water partition coefficient (Wildman–Crippen LogP) is 5.29. The molecule has 20 heteroatoms. The number of fused-ring (bicyclic) bond motifs is 5. The molecule has 11 rings (SSSR count). The SMILES string of the molecule is CB(O)N(C[C@H](O)CN)C1Cc2ccccc2C1.CB(O)N(C[C@H](O)CN1C(=O)c2ccccc2C1=O)C1Cc2ccccc2C1.I.II.NC1Cc2ccccc2C1.O=C1c2ccccc2C(=O)N1C[C@@H]1CO1. The van der Waals surface area contributed by atoms with Crippen LogP contribution in [0, 0.1) is 0 Å². The molecule has 0 unspecified atom stereocenters. The number of carbonyl (C=O) groups excluding carboxylic acids is 4. The Morgan fingerprint density at radius 3 is 1.18 bits per heavy atom. The number of aliphatic hydroxyl groups is 2. The van der Waals surface area contributed by atoms with Crippen LogP contribution in [0.5, 0.6) is 0 Å². The number of amides is 4. The number of hydrogen-bond donors (Lipinski definition) is 6. The number of hydrogen-bond acceptors (Lipinski definition) is 13. The monoisotopic (exact) mass is 1340 g/mol. The normalized spacial score (nSPS) is 17.8. The highest BCUT2D eigenvalue weighted by atomic mass is 128. The minimum absolute atomic E-state index is 0. The summed E-state index contributed by atoms with van der Waals surface area (Å²) in [7, 11) is -1.30. The average Bonchev–Trinajstić information content (AvgIpc) is 3.63. The molecular formula is C54H65B2I3N6O9. The quantitative estimate of drug-likeness (QED) is 0.0382. The first-order chi connectivity index (χ1) is 35.2. The molecule has 3 heterocycles. The molecule has 15 nitrogen and oxygen atoms in total. The van der Waals surface area contributed by atoms with E-state index in [0.29, 0.717) is 48.0 Å². The van der Waals surface area contributed by atoms with Gasteiger partial charge in [0, 0.05) is 75.0 Å². The lowest BCUT2D eigenvalue weighted by Gasteiger charge is -2.32. The number of epoxide rings is 1. The molecule has 1 saturated heterocycles. The van der Waals surface area contributed by atoms with Crippen molar-refractivity contribution in [3.05, 3.63) is 177 Å². The molecule has 0 aromatic heterocycles. The van der Waals surface area contributed by atoms with E-state index in [9.17, 15) is 39.4 Å². The fraction of sp³-hybridized carbons (Fsp3) is 0.370. The number of nitrogens with two attached hydrogens (primary N) is 2. The van der Waals surface area contributed by atoms with Crippen molar-refractivity contribution in [2.24, 2.45) is 11.5 Å². The lowest BCUT2D eigenvalue weighted by atomic mass is 9.82. The van der Waals surface area contributed by atoms with Crippen LogP contribution in [0.25, 0.3) is 0 Å². The maximum absolute atomic E-state index is 12.5. The van der Waals surface area contributed by atoms with Crippen LogP contribution in [0.4, 0.5) is 0 Å². The number of aliphatic hydroxyl groups excluding tert-OH is 2. The standard InChI is InChI=1S/C21H23BN2O4.C13H21BN2O2.C11H9NO3.C9H11N.I2.HI/c1-22(28)24(16-10-14-6-2-3-7-15(14)11-16)13-17(25)12-23-20(26)18-8-4-5-9-19(18)21(23)27;1-14(18)16(9-13(17)8-15)12-6-10-4-2-3-5-11(10)7-12;13-10-8-3-1-2-4-9(8)11(14)12(10)5-7-6-15-7;10-9-5-7-3-1-2-4-8(7)6-9;1-2;/h2-9,16-17,25,28H,10-13H2,1H3;2-5,12-13,17-18H,6-9,15H2,1H3;1-4,7H,5-6H2;1-4,9H,5-6,10H2;;1H/t17-;13-;7-;;;/m111.../s1. The van der Waals surface area contributed by atoms with Gasteiger partial charge < -0.3 is 46.1 Å². The van der Waals surface area contributed by atoms with Crippen LogP contribution in [0.2, 0.25) is 13.6 Å². The highest BCUT2D eigenvalue weighted by Gasteiger charge is 2.40. The molecule has 8 N–H and O–H groups in total. The van der Waals surface area contributed by atoms with Gasteiger partial charge in [0.1, 0.15) is 0 Å². The number of imide groups is 2. The van der Waals surface area contributed by atoms with E-state index in [1.54, 1.807) is 62.2 Å². The van der Waals surface area contributed by atoms with Crippen LogP contribution in [0.15, 0.2) is 121 Å². The Morgan fingerprint density at radius 1 is 0.568 bits per heavy atom. The number of halogens is 3. The first-order valence-corrected chi connectivity index (χ1v) is 31.0. The summed E-state index contributed by atoms with van der Waals surface area (Å²) in [6.07, 6.45) is 4.13. The van der Waals surface area contributed by atoms with E-state index in [1.165, 1.54) is 38.3 Å². The van der Waals surface area contributed by atoms with Gasteiger partial charge in [-0.2, -0.15) is 0 Å². The summed E-state index contributed by atoms with van der Waals surface area (Å²) in [5.74, 6) is -1.16. The maximum atomic E-state index is 12.5. The first kappa shape index (κ1) is 59.6. The largest absolute Gasteiger partial charge is 0.437 e. The van der Waals surface area contributed by atoms with Crippen molar-refractivity contribution >= 4 is 98.9 Å². The van der Waals surface area contributed by atoms with Crippen molar-refractivity contribution in [1.29, 1.82) is 0 Å². The molecule has 3 atom stereocenters. The average molecular weight is 1340 g/mol. The molecular weight excluding hydrogens is 1280 g/mol. The molecule has 4 amide bonds. The number of benzene rings is 5. The van der Waals surface area contributed by atoms with Crippen LogP contribution in [-0.2, 0) is 43.3 Å². The van der Waals surface area contributed by atoms with Gasteiger partial charge in [-0.1, -0.05) is 97.1 Å². The van der Waals surface area contributed by atoms with Gasteiger partial charge in [0.15, 0.2) is 0 Å². The highest BCUT2D eigenvalue weighted by molar-refractivity contribution is 15.0. The lowest BCUT2D eigenvalue weighted by molar-refractivity contribution is 0.0495. The Balaban J connectivity index is 0.000000168. The number of carbonyl (C=O) groups is 4. The molecule has 5 aromatic rings. The Bertz CT molecular complexity index is 2580. The van der Waals surface area contributed by atoms with Crippen LogP contribution >= 0.6 is 61.2 Å². The summed E-state index contributed by atoms with van der Waals surface area (Å²) >= 11 is 4.24. The molecule has 3 aliphatic carbocycles. The summed E-state index contributed by atoms with van der Waals surface area (Å²) in [5.41, 5.74) is 21.1. The van der Waals surface area contributed by atoms with Gasteiger partial charge in [-0.25, -0.2) is 0 Å². The van der Waals surface area contributed by atoms with E-state index in [1.807, 2.05) is 33.9 Å². The van der Waals surface area contributed by atoms with Gasteiger partial charge in [0.2, 0.25) is 0 Å². The fourth-order valence-electron chi connectivity index (χ4n) is 10.4. The van der Waals surface area contributed by atoms with E-state index >= 15 is 0 Å². The Hall–Kier alpha value is -3.66. The molecule has 392 valence electrons. The molecule has 0 bridgehead atoms. The van der Waals surface area contributed by atoms with Crippen molar-refractivity contribution in [3.8, 4) is 0 Å². The second-order valence-corrected chi connectivity index (χ2v) is 19.3. The van der Waals surface area contributed by atoms with E-state index in [4.69, 9.17) is 16.2 Å². The molecule has 6 aliphatic rings. The molecule has 0 spiro atoms. The molecule has 3 aliphatic heterocycles. The summed E-state index contributed by atoms with van der Waals surface area (Å²) in [6, 6.07) is 39.3. The Labute approximate surface area is 475 Å². The predicted molar refractivity (Wildman–Crippen MR) is 316 cm³/mol. The van der Waals surface area contributed by atoms with E-state index < -0.39 is 26.3 Å². The molecule has 5 aromatic carbocycles. The van der Waals surface area contributed by atoms with Crippen molar-refractivity contribution in [2.75, 3.05) is 39.3 Å². The smallest absolute Gasteiger partial charge is 0.376 e. The third kappa shape index (κ3) is 14.9. The Kier molecular flexibility index (Phi) is 22.6. The fourth-order valence-corrected chi connectivity index (χ4v) is 10.4. The van der Waals surface area contributed by atoms with Gasteiger partial charge in [0.25, 0.3) is 23.6 Å². The molecule has 0 radical (unpaired) electrons. The van der Waals surface area contributed by atoms with Crippen molar-refractivity contribution in [2.45, 2.75) is 88.6 Å². The van der Waals surface area contributed by atoms with Crippen LogP contribution in [0.1, 0.15) is 74.8 Å². The van der Waals surface area contributed by atoms with E-state index in [0.717, 1.165) is 43.4 Å². The number of ether oxygens (including phenoxy) is 1. The molecule has 1 fully saturated rings. The zero-order chi connectivity index (χ0) is 52.3. The highest BCUT2D eigenvalue weighted by Crippen LogP contribution is 2.29. The minimum Gasteiger partial charge on any atom is -0.437 e. The number of rotatable bonds is 13. The maximum Gasteiger partial charge on any atom is 0.376 e. The number of nitrogens with zero attached hydrogens (tertiary/aromatic N) is 4. The summed E-state index contributed by atoms with van der Waals surface area (Å²) in [5, 5.41) is 40.4. The third-order valence-corrected chi connectivity index (χ3v) is 14.1. The van der Waals surface area contributed by atoms with Crippen LogP contribution in [0.3, 0.4) is 0 Å². The summed E-state index contributed by atoms with van der Waals surface area (Å²) < 4.78 is 5.02. The third-order valence-electron chi connectivity index (χ3n) is 14.1. The van der Waals surface area contributed by atoms with E-state index in [-0.39, 0.29) is 85.4 Å². The molecule has 0 saturated carbocycles. The van der Waals surface area contributed by atoms with Gasteiger partial charge >= 0.3 is 14.1 Å².